The maximum Gasteiger partial charge on any atom is 0.273 e. The molecule has 2 aromatic carbocycles. The Kier molecular flexibility index (Phi) is 7.12. The summed E-state index contributed by atoms with van der Waals surface area (Å²) in [6.07, 6.45) is 2.31. The average Bonchev–Trinajstić information content (AvgIpc) is 3.20. The van der Waals surface area contributed by atoms with Gasteiger partial charge in [-0.1, -0.05) is 41.6 Å². The molecule has 9 heteroatoms. The summed E-state index contributed by atoms with van der Waals surface area (Å²) in [6.45, 7) is 1.79. The van der Waals surface area contributed by atoms with Gasteiger partial charge in [0.1, 0.15) is 0 Å². The molecule has 1 amide bonds. The van der Waals surface area contributed by atoms with Crippen molar-refractivity contribution >= 4 is 18.3 Å². The summed E-state index contributed by atoms with van der Waals surface area (Å²) >= 11 is 0. The van der Waals surface area contributed by atoms with E-state index in [0.29, 0.717) is 25.1 Å². The van der Waals surface area contributed by atoms with Crippen LogP contribution in [0.15, 0.2) is 54.7 Å². The van der Waals surface area contributed by atoms with Crippen LogP contribution in [0.1, 0.15) is 34.0 Å². The first kappa shape index (κ1) is 21.9. The van der Waals surface area contributed by atoms with Crippen LogP contribution in [0.4, 0.5) is 8.78 Å². The minimum Gasteiger partial charge on any atom is -0.346 e. The Morgan fingerprint density at radius 3 is 2.73 bits per heavy atom. The van der Waals surface area contributed by atoms with Gasteiger partial charge >= 0.3 is 0 Å². The number of halogens is 3. The minimum atomic E-state index is -0.880. The zero-order valence-corrected chi connectivity index (χ0v) is 16.9. The molecule has 158 valence electrons. The Morgan fingerprint density at radius 1 is 1.17 bits per heavy atom. The van der Waals surface area contributed by atoms with Crippen molar-refractivity contribution in [1.82, 2.24) is 25.6 Å². The second kappa shape index (κ2) is 9.77. The van der Waals surface area contributed by atoms with E-state index in [2.05, 4.69) is 20.9 Å². The molecule has 0 spiro atoms. The van der Waals surface area contributed by atoms with E-state index in [-0.39, 0.29) is 36.0 Å². The van der Waals surface area contributed by atoms with Crippen molar-refractivity contribution in [3.8, 4) is 0 Å². The fraction of sp³-hybridized carbons (Fsp3) is 0.286. The van der Waals surface area contributed by atoms with E-state index in [1.807, 2.05) is 30.3 Å². The molecule has 1 aromatic heterocycles. The van der Waals surface area contributed by atoms with Gasteiger partial charge in [0.2, 0.25) is 0 Å². The zero-order valence-electron chi connectivity index (χ0n) is 16.1. The van der Waals surface area contributed by atoms with Crippen LogP contribution in [0.3, 0.4) is 0 Å². The van der Waals surface area contributed by atoms with Crippen molar-refractivity contribution in [2.75, 3.05) is 13.1 Å². The van der Waals surface area contributed by atoms with E-state index in [4.69, 9.17) is 0 Å². The lowest BCUT2D eigenvalue weighted by Crippen LogP contribution is -2.50. The van der Waals surface area contributed by atoms with Gasteiger partial charge in [-0.25, -0.2) is 13.5 Å². The Labute approximate surface area is 179 Å². The Bertz CT molecular complexity index is 998. The summed E-state index contributed by atoms with van der Waals surface area (Å²) in [5, 5.41) is 14.2. The largest absolute Gasteiger partial charge is 0.346 e. The number of aromatic nitrogens is 3. The van der Waals surface area contributed by atoms with Crippen LogP contribution < -0.4 is 10.6 Å². The average molecular weight is 434 g/mol. The number of piperidine rings is 1. The normalized spacial score (nSPS) is 18.5. The highest BCUT2D eigenvalue weighted by molar-refractivity contribution is 5.92. The van der Waals surface area contributed by atoms with Gasteiger partial charge in [0.25, 0.3) is 5.91 Å². The molecule has 0 radical (unpaired) electrons. The quantitative estimate of drug-likeness (QED) is 0.649. The van der Waals surface area contributed by atoms with Crippen LogP contribution >= 0.6 is 12.4 Å². The van der Waals surface area contributed by atoms with Crippen molar-refractivity contribution in [1.29, 1.82) is 0 Å². The lowest BCUT2D eigenvalue weighted by Gasteiger charge is -2.33. The molecule has 1 aliphatic rings. The first-order chi connectivity index (χ1) is 14.1. The topological polar surface area (TPSA) is 71.8 Å². The molecule has 0 saturated carbocycles. The fourth-order valence-corrected chi connectivity index (χ4v) is 3.64. The standard InChI is InChI=1S/C21H21F2N5O.ClH/c22-17-7-6-15(10-18(17)23)16-8-9-24-11-19(16)25-21(29)20-13-28(27-26-20)12-14-4-2-1-3-5-14;/h1-7,10,13,16,19,24H,8-9,11-12H2,(H,25,29);1H. The van der Waals surface area contributed by atoms with Gasteiger partial charge in [0.05, 0.1) is 12.7 Å². The van der Waals surface area contributed by atoms with E-state index >= 15 is 0 Å². The Morgan fingerprint density at radius 2 is 1.97 bits per heavy atom. The molecule has 0 bridgehead atoms. The molecule has 1 fully saturated rings. The van der Waals surface area contributed by atoms with Crippen LogP contribution in [-0.2, 0) is 6.54 Å². The lowest BCUT2D eigenvalue weighted by atomic mass is 9.86. The van der Waals surface area contributed by atoms with Crippen LogP contribution in [-0.4, -0.2) is 40.0 Å². The molecule has 1 saturated heterocycles. The summed E-state index contributed by atoms with van der Waals surface area (Å²) in [5.41, 5.74) is 1.94. The first-order valence-electron chi connectivity index (χ1n) is 9.51. The highest BCUT2D eigenvalue weighted by Crippen LogP contribution is 2.27. The third-order valence-electron chi connectivity index (χ3n) is 5.13. The minimum absolute atomic E-state index is 0. The van der Waals surface area contributed by atoms with Crippen LogP contribution in [0, 0.1) is 11.6 Å². The molecule has 2 atom stereocenters. The second-order valence-electron chi connectivity index (χ2n) is 7.14. The predicted molar refractivity (Wildman–Crippen MR) is 111 cm³/mol. The fourth-order valence-electron chi connectivity index (χ4n) is 3.64. The van der Waals surface area contributed by atoms with E-state index in [1.165, 1.54) is 6.07 Å². The number of nitrogens with one attached hydrogen (secondary N) is 2. The van der Waals surface area contributed by atoms with Gasteiger partial charge in [-0.05, 0) is 36.2 Å². The third-order valence-corrected chi connectivity index (χ3v) is 5.13. The van der Waals surface area contributed by atoms with Crippen molar-refractivity contribution < 1.29 is 13.6 Å². The summed E-state index contributed by atoms with van der Waals surface area (Å²) < 4.78 is 28.6. The van der Waals surface area contributed by atoms with Crippen molar-refractivity contribution in [3.05, 3.63) is 83.2 Å². The summed E-state index contributed by atoms with van der Waals surface area (Å²) in [5.74, 6) is -2.21. The third kappa shape index (κ3) is 5.01. The second-order valence-corrected chi connectivity index (χ2v) is 7.14. The van der Waals surface area contributed by atoms with E-state index in [1.54, 1.807) is 16.9 Å². The van der Waals surface area contributed by atoms with E-state index < -0.39 is 11.6 Å². The zero-order chi connectivity index (χ0) is 20.2. The van der Waals surface area contributed by atoms with Crippen molar-refractivity contribution in [2.24, 2.45) is 0 Å². The lowest BCUT2D eigenvalue weighted by molar-refractivity contribution is 0.0919. The Hall–Kier alpha value is -2.84. The monoisotopic (exact) mass is 433 g/mol. The summed E-state index contributed by atoms with van der Waals surface area (Å²) in [4.78, 5) is 12.7. The number of carbonyl (C=O) groups is 1. The number of hydrogen-bond acceptors (Lipinski definition) is 4. The number of hydrogen-bond donors (Lipinski definition) is 2. The van der Waals surface area contributed by atoms with Crippen LogP contribution in [0.25, 0.3) is 0 Å². The SMILES string of the molecule is Cl.O=C(NC1CNCCC1c1ccc(F)c(F)c1)c1cn(Cc2ccccc2)nn1. The molecule has 3 aromatic rings. The van der Waals surface area contributed by atoms with Crippen molar-refractivity contribution in [3.63, 3.8) is 0 Å². The smallest absolute Gasteiger partial charge is 0.273 e. The molecule has 2 unspecified atom stereocenters. The van der Waals surface area contributed by atoms with Gasteiger partial charge in [-0.3, -0.25) is 4.79 Å². The van der Waals surface area contributed by atoms with E-state index in [0.717, 1.165) is 18.2 Å². The summed E-state index contributed by atoms with van der Waals surface area (Å²) in [7, 11) is 0. The van der Waals surface area contributed by atoms with Gasteiger partial charge in [-0.2, -0.15) is 0 Å². The highest BCUT2D eigenvalue weighted by Gasteiger charge is 2.29. The van der Waals surface area contributed by atoms with Gasteiger partial charge < -0.3 is 10.6 Å². The molecular weight excluding hydrogens is 412 g/mol. The molecule has 30 heavy (non-hydrogen) atoms. The number of carbonyl (C=O) groups excluding carboxylic acids is 1. The highest BCUT2D eigenvalue weighted by atomic mass is 35.5. The molecule has 2 N–H and O–H groups in total. The van der Waals surface area contributed by atoms with Gasteiger partial charge in [0.15, 0.2) is 17.3 Å². The summed E-state index contributed by atoms with van der Waals surface area (Å²) in [6, 6.07) is 13.4. The molecule has 6 nitrogen and oxygen atoms in total. The van der Waals surface area contributed by atoms with Gasteiger partial charge in [-0.15, -0.1) is 17.5 Å². The number of benzene rings is 2. The molecule has 2 heterocycles. The maximum atomic E-state index is 13.7. The van der Waals surface area contributed by atoms with Crippen LogP contribution in [0.5, 0.6) is 0 Å². The predicted octanol–water partition coefficient (Wildman–Crippen LogP) is 2.90. The Balaban J connectivity index is 0.00000256. The van der Waals surface area contributed by atoms with Crippen molar-refractivity contribution in [2.45, 2.75) is 24.9 Å². The molecule has 0 aliphatic carbocycles. The maximum absolute atomic E-state index is 13.7. The molecule has 1 aliphatic heterocycles. The van der Waals surface area contributed by atoms with E-state index in [9.17, 15) is 13.6 Å². The first-order valence-corrected chi connectivity index (χ1v) is 9.51. The molecule has 4 rings (SSSR count). The number of rotatable bonds is 5. The number of amides is 1. The van der Waals surface area contributed by atoms with Crippen LogP contribution in [0.2, 0.25) is 0 Å². The number of nitrogens with zero attached hydrogens (tertiary/aromatic N) is 3. The van der Waals surface area contributed by atoms with Gasteiger partial charge in [0, 0.05) is 18.5 Å². The molecular formula is C21H22ClF2N5O.